The average molecular weight is 349 g/mol. The van der Waals surface area contributed by atoms with Crippen molar-refractivity contribution in [2.24, 2.45) is 0 Å². The number of likely N-dealkylation sites (tertiary alicyclic amines) is 1. The summed E-state index contributed by atoms with van der Waals surface area (Å²) in [7, 11) is 0. The number of benzene rings is 1. The number of rotatable bonds is 5. The van der Waals surface area contributed by atoms with Crippen LogP contribution >= 0.6 is 0 Å². The largest absolute Gasteiger partial charge is 0.350 e. The zero-order valence-electron chi connectivity index (χ0n) is 15.3. The molecule has 6 heteroatoms. The summed E-state index contributed by atoms with van der Waals surface area (Å²) < 4.78 is 13.6. The van der Waals surface area contributed by atoms with E-state index in [0.717, 1.165) is 25.8 Å². The number of hydrogen-bond donors (Lipinski definition) is 2. The fourth-order valence-corrected chi connectivity index (χ4v) is 3.03. The third kappa shape index (κ3) is 6.12. The van der Waals surface area contributed by atoms with Crippen LogP contribution in [-0.4, -0.2) is 41.4 Å². The molecule has 1 aliphatic rings. The summed E-state index contributed by atoms with van der Waals surface area (Å²) >= 11 is 0. The molecule has 1 aromatic rings. The molecule has 1 atom stereocenters. The first-order chi connectivity index (χ1) is 11.8. The highest BCUT2D eigenvalue weighted by molar-refractivity contribution is 5.91. The Morgan fingerprint density at radius 2 is 1.96 bits per heavy atom. The fourth-order valence-electron chi connectivity index (χ4n) is 3.03. The first-order valence-electron chi connectivity index (χ1n) is 8.87. The van der Waals surface area contributed by atoms with Crippen molar-refractivity contribution in [2.45, 2.75) is 58.0 Å². The molecule has 0 unspecified atom stereocenters. The van der Waals surface area contributed by atoms with E-state index in [4.69, 9.17) is 0 Å². The van der Waals surface area contributed by atoms with Crippen LogP contribution in [0.25, 0.3) is 0 Å². The van der Waals surface area contributed by atoms with Crippen LogP contribution in [0.5, 0.6) is 0 Å². The predicted octanol–water partition coefficient (Wildman–Crippen LogP) is 2.92. The first-order valence-corrected chi connectivity index (χ1v) is 8.87. The number of para-hydroxylation sites is 1. The lowest BCUT2D eigenvalue weighted by atomic mass is 9.99. The lowest BCUT2D eigenvalue weighted by Gasteiger charge is -2.36. The molecule has 0 radical (unpaired) electrons. The summed E-state index contributed by atoms with van der Waals surface area (Å²) in [6, 6.07) is 5.91. The van der Waals surface area contributed by atoms with Crippen molar-refractivity contribution >= 4 is 17.5 Å². The Labute approximate surface area is 149 Å². The quantitative estimate of drug-likeness (QED) is 0.859. The minimum absolute atomic E-state index is 0.0155. The van der Waals surface area contributed by atoms with Crippen LogP contribution in [0.15, 0.2) is 24.3 Å². The number of nitrogens with one attached hydrogen (secondary N) is 2. The van der Waals surface area contributed by atoms with Crippen molar-refractivity contribution < 1.29 is 14.0 Å². The highest BCUT2D eigenvalue weighted by Gasteiger charge is 2.30. The van der Waals surface area contributed by atoms with Gasteiger partial charge in [0.1, 0.15) is 5.82 Å². The number of halogens is 1. The van der Waals surface area contributed by atoms with Crippen molar-refractivity contribution in [1.29, 1.82) is 0 Å². The van der Waals surface area contributed by atoms with Crippen molar-refractivity contribution in [1.82, 2.24) is 10.2 Å². The molecule has 2 rings (SSSR count). The van der Waals surface area contributed by atoms with Crippen molar-refractivity contribution in [3.8, 4) is 0 Å². The Kier molecular flexibility index (Phi) is 6.53. The van der Waals surface area contributed by atoms with Gasteiger partial charge < -0.3 is 10.6 Å². The third-order valence-electron chi connectivity index (χ3n) is 4.19. The third-order valence-corrected chi connectivity index (χ3v) is 4.19. The standard InChI is InChI=1S/C19H28FN3O2/c1-19(2,3)22-18(25)16-10-6-7-12-23(16)13-11-17(24)21-15-9-5-4-8-14(15)20/h4-5,8-9,16H,6-7,10-13H2,1-3H3,(H,21,24)(H,22,25)/t16-/m1/s1. The second-order valence-corrected chi connectivity index (χ2v) is 7.56. The average Bonchev–Trinajstić information content (AvgIpc) is 2.54. The van der Waals surface area contributed by atoms with Crippen LogP contribution in [-0.2, 0) is 9.59 Å². The second kappa shape index (κ2) is 8.43. The van der Waals surface area contributed by atoms with Crippen molar-refractivity contribution in [3.05, 3.63) is 30.1 Å². The maximum absolute atomic E-state index is 13.6. The summed E-state index contributed by atoms with van der Waals surface area (Å²) in [6.45, 7) is 7.16. The molecule has 0 saturated carbocycles. The number of anilines is 1. The lowest BCUT2D eigenvalue weighted by Crippen LogP contribution is -2.54. The van der Waals surface area contributed by atoms with Crippen LogP contribution in [0.1, 0.15) is 46.5 Å². The summed E-state index contributed by atoms with van der Waals surface area (Å²) in [6.07, 6.45) is 3.07. The molecule has 1 fully saturated rings. The number of carbonyl (C=O) groups excluding carboxylic acids is 2. The highest BCUT2D eigenvalue weighted by Crippen LogP contribution is 2.19. The summed E-state index contributed by atoms with van der Waals surface area (Å²) in [5.41, 5.74) is -0.0873. The molecular weight excluding hydrogens is 321 g/mol. The molecule has 0 bridgehead atoms. The zero-order chi connectivity index (χ0) is 18.4. The van der Waals surface area contributed by atoms with E-state index in [0.29, 0.717) is 6.54 Å². The Morgan fingerprint density at radius 3 is 2.64 bits per heavy atom. The number of piperidine rings is 1. The van der Waals surface area contributed by atoms with E-state index in [2.05, 4.69) is 15.5 Å². The Bertz CT molecular complexity index is 613. The maximum Gasteiger partial charge on any atom is 0.237 e. The van der Waals surface area contributed by atoms with E-state index in [1.807, 2.05) is 20.8 Å². The van der Waals surface area contributed by atoms with Gasteiger partial charge in [0.15, 0.2) is 0 Å². The van der Waals surface area contributed by atoms with Crippen LogP contribution < -0.4 is 10.6 Å². The minimum Gasteiger partial charge on any atom is -0.350 e. The highest BCUT2D eigenvalue weighted by atomic mass is 19.1. The lowest BCUT2D eigenvalue weighted by molar-refractivity contribution is -0.129. The molecule has 25 heavy (non-hydrogen) atoms. The first kappa shape index (κ1) is 19.4. The van der Waals surface area contributed by atoms with Crippen molar-refractivity contribution in [2.75, 3.05) is 18.4 Å². The van der Waals surface area contributed by atoms with E-state index < -0.39 is 5.82 Å². The predicted molar refractivity (Wildman–Crippen MR) is 96.8 cm³/mol. The molecule has 1 aliphatic heterocycles. The Hall–Kier alpha value is -1.95. The van der Waals surface area contributed by atoms with Gasteiger partial charge in [0, 0.05) is 18.5 Å². The molecule has 5 nitrogen and oxygen atoms in total. The van der Waals surface area contributed by atoms with Gasteiger partial charge in [-0.2, -0.15) is 0 Å². The summed E-state index contributed by atoms with van der Waals surface area (Å²) in [5.74, 6) is -0.677. The van der Waals surface area contributed by atoms with Gasteiger partial charge in [-0.25, -0.2) is 4.39 Å². The van der Waals surface area contributed by atoms with Gasteiger partial charge in [-0.3, -0.25) is 14.5 Å². The molecule has 1 heterocycles. The van der Waals surface area contributed by atoms with E-state index in [-0.39, 0.29) is 35.5 Å². The van der Waals surface area contributed by atoms with Gasteiger partial charge in [0.05, 0.1) is 11.7 Å². The normalized spacial score (nSPS) is 18.6. The second-order valence-electron chi connectivity index (χ2n) is 7.56. The molecule has 0 aromatic heterocycles. The summed E-state index contributed by atoms with van der Waals surface area (Å²) in [4.78, 5) is 26.7. The van der Waals surface area contributed by atoms with Gasteiger partial charge in [0.2, 0.25) is 11.8 Å². The van der Waals surface area contributed by atoms with Gasteiger partial charge in [-0.05, 0) is 52.3 Å². The molecule has 138 valence electrons. The van der Waals surface area contributed by atoms with Crippen LogP contribution in [0.4, 0.5) is 10.1 Å². The topological polar surface area (TPSA) is 61.4 Å². The van der Waals surface area contributed by atoms with Gasteiger partial charge in [-0.1, -0.05) is 18.6 Å². The maximum atomic E-state index is 13.6. The molecule has 0 aliphatic carbocycles. The zero-order valence-corrected chi connectivity index (χ0v) is 15.3. The van der Waals surface area contributed by atoms with Crippen molar-refractivity contribution in [3.63, 3.8) is 0 Å². The molecular formula is C19H28FN3O2. The molecule has 2 amide bonds. The smallest absolute Gasteiger partial charge is 0.237 e. The number of hydrogen-bond acceptors (Lipinski definition) is 3. The van der Waals surface area contributed by atoms with E-state index in [1.54, 1.807) is 12.1 Å². The Balaban J connectivity index is 1.89. The van der Waals surface area contributed by atoms with E-state index in [1.165, 1.54) is 12.1 Å². The monoisotopic (exact) mass is 349 g/mol. The minimum atomic E-state index is -0.448. The fraction of sp³-hybridized carbons (Fsp3) is 0.579. The van der Waals surface area contributed by atoms with Gasteiger partial charge in [-0.15, -0.1) is 0 Å². The molecule has 0 spiro atoms. The molecule has 1 aromatic carbocycles. The van der Waals surface area contributed by atoms with Crippen LogP contribution in [0.2, 0.25) is 0 Å². The van der Waals surface area contributed by atoms with Gasteiger partial charge in [0.25, 0.3) is 0 Å². The SMILES string of the molecule is CC(C)(C)NC(=O)[C@H]1CCCCN1CCC(=O)Nc1ccccc1F. The molecule has 1 saturated heterocycles. The molecule has 2 N–H and O–H groups in total. The van der Waals surface area contributed by atoms with E-state index >= 15 is 0 Å². The van der Waals surface area contributed by atoms with Crippen LogP contribution in [0, 0.1) is 5.82 Å². The van der Waals surface area contributed by atoms with Gasteiger partial charge >= 0.3 is 0 Å². The summed E-state index contributed by atoms with van der Waals surface area (Å²) in [5, 5.41) is 5.61. The Morgan fingerprint density at radius 1 is 1.24 bits per heavy atom. The number of carbonyl (C=O) groups is 2. The van der Waals surface area contributed by atoms with E-state index in [9.17, 15) is 14.0 Å². The van der Waals surface area contributed by atoms with Crippen LogP contribution in [0.3, 0.4) is 0 Å². The number of nitrogens with zero attached hydrogens (tertiary/aromatic N) is 1. The number of amides is 2.